The molecule has 0 spiro atoms. The van der Waals surface area contributed by atoms with Crippen molar-refractivity contribution in [2.45, 2.75) is 33.6 Å². The predicted molar refractivity (Wildman–Crippen MR) is 74.2 cm³/mol. The standard InChI is InChI=1S/C14H18N4O/c1-4-11-12(5-2)17-18-14(16-11)19-13-9(3)7-6-8-10(13)15/h6-8H,4-5,15H2,1-3H3. The Morgan fingerprint density at radius 3 is 2.47 bits per heavy atom. The molecule has 5 nitrogen and oxygen atoms in total. The number of aryl methyl sites for hydroxylation is 3. The maximum Gasteiger partial charge on any atom is 0.341 e. The highest BCUT2D eigenvalue weighted by atomic mass is 16.5. The number of hydrogen-bond acceptors (Lipinski definition) is 5. The Kier molecular flexibility index (Phi) is 3.94. The molecule has 0 unspecified atom stereocenters. The fraction of sp³-hybridized carbons (Fsp3) is 0.357. The normalized spacial score (nSPS) is 10.5. The van der Waals surface area contributed by atoms with E-state index in [0.717, 1.165) is 29.8 Å². The quantitative estimate of drug-likeness (QED) is 0.853. The lowest BCUT2D eigenvalue weighted by molar-refractivity contribution is 0.427. The monoisotopic (exact) mass is 258 g/mol. The summed E-state index contributed by atoms with van der Waals surface area (Å²) in [4.78, 5) is 4.39. The van der Waals surface area contributed by atoms with Gasteiger partial charge in [-0.1, -0.05) is 31.1 Å². The molecule has 1 aromatic carbocycles. The first-order valence-corrected chi connectivity index (χ1v) is 6.41. The van der Waals surface area contributed by atoms with Gasteiger partial charge in [-0.25, -0.2) is 0 Å². The first-order valence-electron chi connectivity index (χ1n) is 6.41. The van der Waals surface area contributed by atoms with Crippen LogP contribution >= 0.6 is 0 Å². The smallest absolute Gasteiger partial charge is 0.341 e. The Bertz CT molecular complexity index is 563. The molecule has 0 amide bonds. The van der Waals surface area contributed by atoms with Crippen molar-refractivity contribution < 1.29 is 4.74 Å². The molecule has 0 bridgehead atoms. The molecule has 1 aromatic heterocycles. The van der Waals surface area contributed by atoms with Crippen LogP contribution in [-0.4, -0.2) is 15.2 Å². The van der Waals surface area contributed by atoms with Crippen LogP contribution < -0.4 is 10.5 Å². The minimum absolute atomic E-state index is 0.245. The molecule has 0 aliphatic carbocycles. The second-order valence-corrected chi connectivity index (χ2v) is 4.29. The van der Waals surface area contributed by atoms with E-state index in [1.165, 1.54) is 0 Å². The van der Waals surface area contributed by atoms with E-state index in [0.29, 0.717) is 11.4 Å². The van der Waals surface area contributed by atoms with Crippen molar-refractivity contribution in [1.82, 2.24) is 15.2 Å². The van der Waals surface area contributed by atoms with E-state index in [2.05, 4.69) is 15.2 Å². The molecule has 100 valence electrons. The second-order valence-electron chi connectivity index (χ2n) is 4.29. The molecule has 2 aromatic rings. The topological polar surface area (TPSA) is 73.9 Å². The summed E-state index contributed by atoms with van der Waals surface area (Å²) >= 11 is 0. The molecule has 0 saturated heterocycles. The molecule has 2 rings (SSSR count). The molecule has 0 saturated carbocycles. The zero-order valence-corrected chi connectivity index (χ0v) is 11.5. The molecule has 5 heteroatoms. The molecule has 0 fully saturated rings. The minimum Gasteiger partial charge on any atom is -0.421 e. The summed E-state index contributed by atoms with van der Waals surface area (Å²) in [5, 5.41) is 8.14. The van der Waals surface area contributed by atoms with Crippen LogP contribution in [0.15, 0.2) is 18.2 Å². The summed E-state index contributed by atoms with van der Waals surface area (Å²) in [7, 11) is 0. The number of nitrogen functional groups attached to an aromatic ring is 1. The molecule has 0 radical (unpaired) electrons. The van der Waals surface area contributed by atoms with Gasteiger partial charge in [0.05, 0.1) is 17.1 Å². The van der Waals surface area contributed by atoms with Crippen molar-refractivity contribution in [3.63, 3.8) is 0 Å². The number of hydrogen-bond donors (Lipinski definition) is 1. The zero-order valence-electron chi connectivity index (χ0n) is 11.5. The summed E-state index contributed by atoms with van der Waals surface area (Å²) in [5.74, 6) is 0.593. The van der Waals surface area contributed by atoms with Crippen LogP contribution in [0, 0.1) is 6.92 Å². The molecular weight excluding hydrogens is 240 g/mol. The summed E-state index contributed by atoms with van der Waals surface area (Å²) in [6.07, 6.45) is 1.62. The lowest BCUT2D eigenvalue weighted by atomic mass is 10.2. The number of rotatable bonds is 4. The molecule has 19 heavy (non-hydrogen) atoms. The average Bonchev–Trinajstić information content (AvgIpc) is 2.42. The van der Waals surface area contributed by atoms with Crippen molar-refractivity contribution in [1.29, 1.82) is 0 Å². The Balaban J connectivity index is 2.33. The lowest BCUT2D eigenvalue weighted by Gasteiger charge is -2.10. The maximum atomic E-state index is 5.89. The Labute approximate surface area is 112 Å². The fourth-order valence-electron chi connectivity index (χ4n) is 1.87. The van der Waals surface area contributed by atoms with E-state index in [-0.39, 0.29) is 6.01 Å². The van der Waals surface area contributed by atoms with Gasteiger partial charge < -0.3 is 10.5 Å². The molecule has 1 heterocycles. The molecule has 0 atom stereocenters. The third-order valence-electron chi connectivity index (χ3n) is 2.93. The zero-order chi connectivity index (χ0) is 13.8. The van der Waals surface area contributed by atoms with E-state index in [9.17, 15) is 0 Å². The van der Waals surface area contributed by atoms with Crippen molar-refractivity contribution >= 4 is 5.69 Å². The number of para-hydroxylation sites is 1. The van der Waals surface area contributed by atoms with Gasteiger partial charge in [-0.05, 0) is 31.4 Å². The largest absolute Gasteiger partial charge is 0.421 e. The van der Waals surface area contributed by atoms with Crippen molar-refractivity contribution in [3.8, 4) is 11.8 Å². The fourth-order valence-corrected chi connectivity index (χ4v) is 1.87. The van der Waals surface area contributed by atoms with Crippen molar-refractivity contribution in [2.75, 3.05) is 5.73 Å². The summed E-state index contributed by atoms with van der Waals surface area (Å²) < 4.78 is 5.67. The minimum atomic E-state index is 0.245. The van der Waals surface area contributed by atoms with Crippen molar-refractivity contribution in [3.05, 3.63) is 35.2 Å². The highest BCUT2D eigenvalue weighted by molar-refractivity contribution is 5.57. The second kappa shape index (κ2) is 5.65. The van der Waals surface area contributed by atoms with Gasteiger partial charge in [0, 0.05) is 0 Å². The Morgan fingerprint density at radius 2 is 1.84 bits per heavy atom. The Morgan fingerprint density at radius 1 is 1.11 bits per heavy atom. The summed E-state index contributed by atoms with van der Waals surface area (Å²) in [6.45, 7) is 6.00. The third-order valence-corrected chi connectivity index (χ3v) is 2.93. The average molecular weight is 258 g/mol. The van der Waals surface area contributed by atoms with Crippen LogP contribution in [0.4, 0.5) is 5.69 Å². The van der Waals surface area contributed by atoms with Gasteiger partial charge >= 0.3 is 6.01 Å². The third kappa shape index (κ3) is 2.81. The van der Waals surface area contributed by atoms with Gasteiger partial charge in [0.15, 0.2) is 5.75 Å². The molecule has 2 N–H and O–H groups in total. The van der Waals surface area contributed by atoms with Crippen LogP contribution in [0.25, 0.3) is 0 Å². The van der Waals surface area contributed by atoms with E-state index >= 15 is 0 Å². The van der Waals surface area contributed by atoms with Crippen molar-refractivity contribution in [2.24, 2.45) is 0 Å². The van der Waals surface area contributed by atoms with Gasteiger partial charge in [-0.2, -0.15) is 4.98 Å². The van der Waals surface area contributed by atoms with E-state index in [4.69, 9.17) is 10.5 Å². The van der Waals surface area contributed by atoms with Gasteiger partial charge in [-0.15, -0.1) is 5.10 Å². The van der Waals surface area contributed by atoms with Crippen LogP contribution in [0.3, 0.4) is 0 Å². The lowest BCUT2D eigenvalue weighted by Crippen LogP contribution is -2.05. The van der Waals surface area contributed by atoms with Crippen LogP contribution in [-0.2, 0) is 12.8 Å². The molecular formula is C14H18N4O. The number of benzene rings is 1. The maximum absolute atomic E-state index is 5.89. The van der Waals surface area contributed by atoms with E-state index < -0.39 is 0 Å². The summed E-state index contributed by atoms with van der Waals surface area (Å²) in [5.41, 5.74) is 9.24. The van der Waals surface area contributed by atoms with E-state index in [1.807, 2.05) is 32.9 Å². The number of nitrogens with zero attached hydrogens (tertiary/aromatic N) is 3. The van der Waals surface area contributed by atoms with Gasteiger partial charge in [0.2, 0.25) is 0 Å². The number of nitrogens with two attached hydrogens (primary N) is 1. The highest BCUT2D eigenvalue weighted by Crippen LogP contribution is 2.29. The first kappa shape index (κ1) is 13.3. The van der Waals surface area contributed by atoms with Gasteiger partial charge in [0.1, 0.15) is 0 Å². The number of aromatic nitrogens is 3. The van der Waals surface area contributed by atoms with E-state index in [1.54, 1.807) is 6.07 Å². The molecule has 0 aliphatic rings. The van der Waals surface area contributed by atoms with Crippen LogP contribution in [0.5, 0.6) is 11.8 Å². The Hall–Kier alpha value is -2.17. The predicted octanol–water partition coefficient (Wildman–Crippen LogP) is 2.68. The number of anilines is 1. The van der Waals surface area contributed by atoms with Crippen LogP contribution in [0.2, 0.25) is 0 Å². The van der Waals surface area contributed by atoms with Gasteiger partial charge in [-0.3, -0.25) is 0 Å². The molecule has 0 aliphatic heterocycles. The first-order chi connectivity index (χ1) is 9.15. The van der Waals surface area contributed by atoms with Crippen LogP contribution in [0.1, 0.15) is 30.8 Å². The van der Waals surface area contributed by atoms with Gasteiger partial charge in [0.25, 0.3) is 0 Å². The highest BCUT2D eigenvalue weighted by Gasteiger charge is 2.11. The SMILES string of the molecule is CCc1nnc(Oc2c(C)cccc2N)nc1CC. The summed E-state index contributed by atoms with van der Waals surface area (Å²) in [6, 6.07) is 5.85. The number of ether oxygens (including phenoxy) is 1.